The molecule has 0 aliphatic carbocycles. The van der Waals surface area contributed by atoms with Crippen LogP contribution in [0.1, 0.15) is 14.5 Å². The van der Waals surface area contributed by atoms with E-state index in [1.165, 1.54) is 0 Å². The van der Waals surface area contributed by atoms with Crippen LogP contribution in [0.3, 0.4) is 0 Å². The van der Waals surface area contributed by atoms with Gasteiger partial charge in [-0.15, -0.1) is 11.3 Å². The number of aryl methyl sites for hydroxylation is 1. The van der Waals surface area contributed by atoms with Gasteiger partial charge < -0.3 is 14.2 Å². The molecular weight excluding hydrogens is 360 g/mol. The summed E-state index contributed by atoms with van der Waals surface area (Å²) in [5.74, 6) is 0.916. The van der Waals surface area contributed by atoms with E-state index in [0.717, 1.165) is 45.1 Å². The molecule has 3 aromatic heterocycles. The highest BCUT2D eigenvalue weighted by Crippen LogP contribution is 2.32. The van der Waals surface area contributed by atoms with Crippen LogP contribution in [0, 0.1) is 6.92 Å². The Balaban J connectivity index is 1.40. The molecule has 7 heteroatoms. The lowest BCUT2D eigenvalue weighted by Crippen LogP contribution is -2.49. The predicted molar refractivity (Wildman–Crippen MR) is 106 cm³/mol. The molecular formula is C20H18N4O2S. The van der Waals surface area contributed by atoms with Gasteiger partial charge in [0.15, 0.2) is 11.4 Å². The van der Waals surface area contributed by atoms with Crippen molar-refractivity contribution < 1.29 is 9.21 Å². The Labute approximate surface area is 160 Å². The van der Waals surface area contributed by atoms with Crippen molar-refractivity contribution >= 4 is 45.1 Å². The first kappa shape index (κ1) is 16.3. The number of rotatable bonds is 2. The Bertz CT molecular complexity index is 1140. The van der Waals surface area contributed by atoms with E-state index in [1.54, 1.807) is 17.7 Å². The van der Waals surface area contributed by atoms with Crippen molar-refractivity contribution in [3.8, 4) is 0 Å². The van der Waals surface area contributed by atoms with Gasteiger partial charge in [0.05, 0.1) is 4.88 Å². The summed E-state index contributed by atoms with van der Waals surface area (Å²) < 4.78 is 6.04. The molecule has 1 aliphatic rings. The van der Waals surface area contributed by atoms with Crippen LogP contribution >= 0.6 is 11.3 Å². The fraction of sp³-hybridized carbons (Fsp3) is 0.250. The number of piperazine rings is 1. The van der Waals surface area contributed by atoms with Gasteiger partial charge in [0.1, 0.15) is 17.4 Å². The Hall–Kier alpha value is -2.93. The highest BCUT2D eigenvalue weighted by Gasteiger charge is 2.26. The van der Waals surface area contributed by atoms with Crippen LogP contribution in [0.5, 0.6) is 0 Å². The highest BCUT2D eigenvalue weighted by molar-refractivity contribution is 7.13. The number of benzene rings is 1. The Kier molecular flexibility index (Phi) is 3.82. The number of carbonyl (C=O) groups is 1. The largest absolute Gasteiger partial charge is 0.450 e. The third-order valence-electron chi connectivity index (χ3n) is 4.96. The second-order valence-electron chi connectivity index (χ2n) is 6.66. The monoisotopic (exact) mass is 378 g/mol. The molecule has 1 saturated heterocycles. The number of thiophene rings is 1. The molecule has 0 spiro atoms. The molecule has 27 heavy (non-hydrogen) atoms. The molecule has 136 valence electrons. The topological polar surface area (TPSA) is 62.5 Å². The third kappa shape index (κ3) is 2.75. The number of hydrogen-bond acceptors (Lipinski definition) is 6. The summed E-state index contributed by atoms with van der Waals surface area (Å²) in [6.45, 7) is 4.80. The maximum absolute atomic E-state index is 12.7. The van der Waals surface area contributed by atoms with Crippen molar-refractivity contribution in [3.63, 3.8) is 0 Å². The molecule has 0 radical (unpaired) electrons. The molecule has 0 atom stereocenters. The fourth-order valence-electron chi connectivity index (χ4n) is 3.56. The number of furan rings is 1. The van der Waals surface area contributed by atoms with E-state index in [0.29, 0.717) is 18.7 Å². The summed E-state index contributed by atoms with van der Waals surface area (Å²) in [7, 11) is 0. The van der Waals surface area contributed by atoms with E-state index in [9.17, 15) is 4.79 Å². The Morgan fingerprint density at radius 3 is 2.67 bits per heavy atom. The number of para-hydroxylation sites is 1. The number of hydrogen-bond donors (Lipinski definition) is 0. The first-order chi connectivity index (χ1) is 13.2. The number of anilines is 1. The second-order valence-corrected chi connectivity index (χ2v) is 7.95. The standard InChI is InChI=1S/C20H18N4O2S/c1-13-6-7-16(27-13)20(25)24-10-8-23(9-11-24)19-18-17(21-12-22-19)14-4-2-3-5-15(14)26-18/h2-7,12H,8-11H2,1H3. The van der Waals surface area contributed by atoms with Gasteiger partial charge in [0.25, 0.3) is 5.91 Å². The number of aromatic nitrogens is 2. The Morgan fingerprint density at radius 2 is 1.89 bits per heavy atom. The zero-order valence-electron chi connectivity index (χ0n) is 14.9. The van der Waals surface area contributed by atoms with Gasteiger partial charge in [0, 0.05) is 36.4 Å². The number of carbonyl (C=O) groups excluding carboxylic acids is 1. The zero-order chi connectivity index (χ0) is 18.4. The molecule has 1 amide bonds. The Morgan fingerprint density at radius 1 is 1.07 bits per heavy atom. The first-order valence-electron chi connectivity index (χ1n) is 8.93. The van der Waals surface area contributed by atoms with Crippen molar-refractivity contribution in [3.05, 3.63) is 52.5 Å². The van der Waals surface area contributed by atoms with Crippen LogP contribution in [0.2, 0.25) is 0 Å². The zero-order valence-corrected chi connectivity index (χ0v) is 15.7. The van der Waals surface area contributed by atoms with Gasteiger partial charge >= 0.3 is 0 Å². The van der Waals surface area contributed by atoms with Crippen molar-refractivity contribution in [2.24, 2.45) is 0 Å². The van der Waals surface area contributed by atoms with E-state index in [1.807, 2.05) is 48.2 Å². The average Bonchev–Trinajstić information content (AvgIpc) is 3.31. The molecule has 1 fully saturated rings. The SMILES string of the molecule is Cc1ccc(C(=O)N2CCN(c3ncnc4c3oc3ccccc34)CC2)s1. The highest BCUT2D eigenvalue weighted by atomic mass is 32.1. The quantitative estimate of drug-likeness (QED) is 0.532. The summed E-state index contributed by atoms with van der Waals surface area (Å²) in [5.41, 5.74) is 2.37. The van der Waals surface area contributed by atoms with Crippen LogP contribution in [0.25, 0.3) is 22.1 Å². The summed E-state index contributed by atoms with van der Waals surface area (Å²) in [6, 6.07) is 11.8. The van der Waals surface area contributed by atoms with Crippen molar-refractivity contribution in [2.75, 3.05) is 31.1 Å². The lowest BCUT2D eigenvalue weighted by Gasteiger charge is -2.35. The molecule has 0 N–H and O–H groups in total. The minimum Gasteiger partial charge on any atom is -0.450 e. The van der Waals surface area contributed by atoms with Gasteiger partial charge in [-0.3, -0.25) is 4.79 Å². The van der Waals surface area contributed by atoms with Gasteiger partial charge in [-0.1, -0.05) is 12.1 Å². The predicted octanol–water partition coefficient (Wildman–Crippen LogP) is 3.71. The summed E-state index contributed by atoms with van der Waals surface area (Å²) in [4.78, 5) is 27.6. The van der Waals surface area contributed by atoms with E-state index in [2.05, 4.69) is 14.9 Å². The average molecular weight is 378 g/mol. The van der Waals surface area contributed by atoms with Gasteiger partial charge in [0.2, 0.25) is 0 Å². The van der Waals surface area contributed by atoms with Crippen LogP contribution in [-0.4, -0.2) is 47.0 Å². The van der Waals surface area contributed by atoms with Gasteiger partial charge in [-0.2, -0.15) is 0 Å². The van der Waals surface area contributed by atoms with Crippen LogP contribution < -0.4 is 4.90 Å². The van der Waals surface area contributed by atoms with Gasteiger partial charge in [-0.05, 0) is 31.2 Å². The third-order valence-corrected chi connectivity index (χ3v) is 5.95. The minimum atomic E-state index is 0.115. The minimum absolute atomic E-state index is 0.115. The number of fused-ring (bicyclic) bond motifs is 3. The van der Waals surface area contributed by atoms with E-state index in [-0.39, 0.29) is 5.91 Å². The normalized spacial score (nSPS) is 15.0. The first-order valence-corrected chi connectivity index (χ1v) is 9.75. The fourth-order valence-corrected chi connectivity index (χ4v) is 4.40. The van der Waals surface area contributed by atoms with E-state index < -0.39 is 0 Å². The van der Waals surface area contributed by atoms with Crippen LogP contribution in [-0.2, 0) is 0 Å². The molecule has 5 rings (SSSR count). The lowest BCUT2D eigenvalue weighted by atomic mass is 10.2. The van der Waals surface area contributed by atoms with E-state index >= 15 is 0 Å². The molecule has 1 aliphatic heterocycles. The van der Waals surface area contributed by atoms with Crippen molar-refractivity contribution in [2.45, 2.75) is 6.92 Å². The lowest BCUT2D eigenvalue weighted by molar-refractivity contribution is 0.0751. The molecule has 0 saturated carbocycles. The molecule has 0 bridgehead atoms. The smallest absolute Gasteiger partial charge is 0.264 e. The summed E-state index contributed by atoms with van der Waals surface area (Å²) >= 11 is 1.55. The maximum Gasteiger partial charge on any atom is 0.264 e. The van der Waals surface area contributed by atoms with Gasteiger partial charge in [-0.25, -0.2) is 9.97 Å². The second kappa shape index (κ2) is 6.35. The molecule has 6 nitrogen and oxygen atoms in total. The number of amides is 1. The summed E-state index contributed by atoms with van der Waals surface area (Å²) in [6.07, 6.45) is 1.59. The molecule has 4 heterocycles. The molecule has 0 unspecified atom stereocenters. The molecule has 1 aromatic carbocycles. The van der Waals surface area contributed by atoms with Crippen molar-refractivity contribution in [1.82, 2.24) is 14.9 Å². The molecule has 4 aromatic rings. The number of nitrogens with zero attached hydrogens (tertiary/aromatic N) is 4. The van der Waals surface area contributed by atoms with E-state index in [4.69, 9.17) is 4.42 Å². The summed E-state index contributed by atoms with van der Waals surface area (Å²) in [5, 5.41) is 0.998. The maximum atomic E-state index is 12.7. The van der Waals surface area contributed by atoms with Crippen LogP contribution in [0.4, 0.5) is 5.82 Å². The van der Waals surface area contributed by atoms with Crippen molar-refractivity contribution in [1.29, 1.82) is 0 Å². The van der Waals surface area contributed by atoms with Crippen LogP contribution in [0.15, 0.2) is 47.1 Å².